The van der Waals surface area contributed by atoms with Crippen LogP contribution in [0.2, 0.25) is 0 Å². The third-order valence-corrected chi connectivity index (χ3v) is 10.2. The highest BCUT2D eigenvalue weighted by Crippen LogP contribution is 2.68. The minimum atomic E-state index is -1.34. The molecule has 0 aliphatic heterocycles. The molecule has 8 heteroatoms. The van der Waals surface area contributed by atoms with Gasteiger partial charge in [0.15, 0.2) is 18.0 Å². The van der Waals surface area contributed by atoms with Gasteiger partial charge in [0.2, 0.25) is 5.78 Å². The molecule has 4 aliphatic rings. The van der Waals surface area contributed by atoms with E-state index in [-0.39, 0.29) is 47.6 Å². The third-order valence-electron chi connectivity index (χ3n) is 9.68. The summed E-state index contributed by atoms with van der Waals surface area (Å²) in [6.45, 7) is 5.69. The molecule has 0 amide bonds. The summed E-state index contributed by atoms with van der Waals surface area (Å²) >= 11 is 1.35. The molecular formula is C28H38O7S. The van der Waals surface area contributed by atoms with E-state index >= 15 is 0 Å². The summed E-state index contributed by atoms with van der Waals surface area (Å²) < 4.78 is 11.3. The van der Waals surface area contributed by atoms with Crippen LogP contribution in [0.4, 0.5) is 0 Å². The molecule has 0 unspecified atom stereocenters. The molecular weight excluding hydrogens is 480 g/mol. The van der Waals surface area contributed by atoms with E-state index in [9.17, 15) is 19.2 Å². The normalized spacial score (nSPS) is 38.9. The number of aliphatic hydroxyl groups is 1. The van der Waals surface area contributed by atoms with Gasteiger partial charge in [-0.1, -0.05) is 32.4 Å². The molecule has 198 valence electrons. The van der Waals surface area contributed by atoms with Crippen LogP contribution in [0.25, 0.3) is 0 Å². The SMILES string of the molecule is CSCC(=O)O[C@]1(C(=O)COC(=O)CCO)CC[C@H]2[C@@H]3C[C@H](C)C4=CC(=O)C=C[C@]4(C)[C@H]3CC[C@@]21C. The number of ketones is 2. The second-order valence-corrected chi connectivity index (χ2v) is 12.3. The van der Waals surface area contributed by atoms with Crippen molar-refractivity contribution in [3.05, 3.63) is 23.8 Å². The predicted molar refractivity (Wildman–Crippen MR) is 136 cm³/mol. The van der Waals surface area contributed by atoms with Crippen molar-refractivity contribution in [2.75, 3.05) is 25.2 Å². The van der Waals surface area contributed by atoms with Crippen molar-refractivity contribution in [3.8, 4) is 0 Å². The second-order valence-electron chi connectivity index (χ2n) is 11.4. The molecule has 0 aromatic heterocycles. The fourth-order valence-electron chi connectivity index (χ4n) is 8.06. The van der Waals surface area contributed by atoms with E-state index < -0.39 is 29.6 Å². The summed E-state index contributed by atoms with van der Waals surface area (Å²) in [6.07, 6.45) is 10.9. The van der Waals surface area contributed by atoms with Gasteiger partial charge >= 0.3 is 11.9 Å². The van der Waals surface area contributed by atoms with Crippen molar-refractivity contribution in [2.45, 2.75) is 64.9 Å². The Balaban J connectivity index is 1.66. The fraction of sp³-hybridized carbons (Fsp3) is 0.714. The molecule has 0 radical (unpaired) electrons. The zero-order chi connectivity index (χ0) is 26.3. The summed E-state index contributed by atoms with van der Waals surface area (Å²) in [6, 6.07) is 0. The van der Waals surface area contributed by atoms with Crippen LogP contribution >= 0.6 is 11.8 Å². The molecule has 0 spiro atoms. The lowest BCUT2D eigenvalue weighted by Gasteiger charge is -2.59. The quantitative estimate of drug-likeness (QED) is 0.485. The smallest absolute Gasteiger partial charge is 0.316 e. The van der Waals surface area contributed by atoms with Gasteiger partial charge in [0.1, 0.15) is 0 Å². The molecule has 0 aromatic rings. The minimum Gasteiger partial charge on any atom is -0.457 e. The molecule has 3 fully saturated rings. The van der Waals surface area contributed by atoms with Gasteiger partial charge in [0.25, 0.3) is 0 Å². The highest BCUT2D eigenvalue weighted by Gasteiger charge is 2.69. The highest BCUT2D eigenvalue weighted by atomic mass is 32.2. The molecule has 4 aliphatic carbocycles. The van der Waals surface area contributed by atoms with Crippen LogP contribution in [0, 0.1) is 34.5 Å². The molecule has 36 heavy (non-hydrogen) atoms. The minimum absolute atomic E-state index is 0.0513. The molecule has 4 rings (SSSR count). The summed E-state index contributed by atoms with van der Waals surface area (Å²) in [7, 11) is 0. The van der Waals surface area contributed by atoms with Crippen LogP contribution in [-0.4, -0.2) is 59.4 Å². The molecule has 0 aromatic carbocycles. The maximum Gasteiger partial charge on any atom is 0.316 e. The Morgan fingerprint density at radius 2 is 1.86 bits per heavy atom. The lowest BCUT2D eigenvalue weighted by atomic mass is 9.45. The van der Waals surface area contributed by atoms with Crippen LogP contribution in [0.1, 0.15) is 59.3 Å². The monoisotopic (exact) mass is 518 g/mol. The van der Waals surface area contributed by atoms with Gasteiger partial charge in [-0.3, -0.25) is 19.2 Å². The standard InChI is InChI=1S/C28H38O7S/c1-17-13-19-20(26(2)9-5-18(30)14-22(17)26)6-10-27(3)21(19)7-11-28(27,35-25(33)16-36-4)23(31)15-34-24(32)8-12-29/h5,9,14,17,19-21,29H,6-8,10-13,15-16H2,1-4H3/t17-,19+,20-,21-,26+,27-,28-/m0/s1. The van der Waals surface area contributed by atoms with E-state index in [1.165, 1.54) is 17.3 Å². The van der Waals surface area contributed by atoms with E-state index in [1.54, 1.807) is 6.08 Å². The third kappa shape index (κ3) is 4.28. The number of fused-ring (bicyclic) bond motifs is 5. The van der Waals surface area contributed by atoms with E-state index in [1.807, 2.05) is 12.3 Å². The zero-order valence-corrected chi connectivity index (χ0v) is 22.5. The Morgan fingerprint density at radius 1 is 1.14 bits per heavy atom. The Bertz CT molecular complexity index is 1000. The Labute approximate surface area is 217 Å². The predicted octanol–water partition coefficient (Wildman–Crippen LogP) is 3.68. The second kappa shape index (κ2) is 10.1. The fourth-order valence-corrected chi connectivity index (χ4v) is 8.36. The average Bonchev–Trinajstić information content (AvgIpc) is 3.12. The number of allylic oxidation sites excluding steroid dienone is 4. The van der Waals surface area contributed by atoms with Crippen molar-refractivity contribution >= 4 is 35.3 Å². The lowest BCUT2D eigenvalue weighted by molar-refractivity contribution is -0.190. The molecule has 0 bridgehead atoms. The average molecular weight is 519 g/mol. The molecule has 7 nitrogen and oxygen atoms in total. The first kappa shape index (κ1) is 27.1. The Kier molecular flexibility index (Phi) is 7.60. The topological polar surface area (TPSA) is 107 Å². The van der Waals surface area contributed by atoms with Crippen LogP contribution in [-0.2, 0) is 28.7 Å². The molecule has 1 N–H and O–H groups in total. The summed E-state index contributed by atoms with van der Waals surface area (Å²) in [5.74, 6) is -0.160. The molecule has 0 heterocycles. The Morgan fingerprint density at radius 3 is 2.56 bits per heavy atom. The van der Waals surface area contributed by atoms with Gasteiger partial charge in [-0.15, -0.1) is 0 Å². The first-order valence-electron chi connectivity index (χ1n) is 13.0. The van der Waals surface area contributed by atoms with Crippen molar-refractivity contribution < 1.29 is 33.8 Å². The number of carbonyl (C=O) groups excluding carboxylic acids is 4. The van der Waals surface area contributed by atoms with Gasteiger partial charge < -0.3 is 14.6 Å². The first-order chi connectivity index (χ1) is 17.0. The van der Waals surface area contributed by atoms with Crippen molar-refractivity contribution in [1.82, 2.24) is 0 Å². The number of rotatable bonds is 8. The zero-order valence-electron chi connectivity index (χ0n) is 21.7. The molecule has 3 saturated carbocycles. The van der Waals surface area contributed by atoms with Gasteiger partial charge in [0.05, 0.1) is 18.8 Å². The Hall–Kier alpha value is -1.93. The maximum atomic E-state index is 13.7. The van der Waals surface area contributed by atoms with E-state index in [0.29, 0.717) is 24.7 Å². The highest BCUT2D eigenvalue weighted by molar-refractivity contribution is 7.99. The summed E-state index contributed by atoms with van der Waals surface area (Å²) in [4.78, 5) is 50.6. The van der Waals surface area contributed by atoms with Crippen molar-refractivity contribution in [2.24, 2.45) is 34.5 Å². The number of aliphatic hydroxyl groups excluding tert-OH is 1. The number of esters is 2. The summed E-state index contributed by atoms with van der Waals surface area (Å²) in [5.41, 5.74) is -0.897. The van der Waals surface area contributed by atoms with Gasteiger partial charge in [-0.2, -0.15) is 11.8 Å². The van der Waals surface area contributed by atoms with E-state index in [2.05, 4.69) is 26.8 Å². The van der Waals surface area contributed by atoms with Crippen LogP contribution in [0.5, 0.6) is 0 Å². The maximum absolute atomic E-state index is 13.7. The largest absolute Gasteiger partial charge is 0.457 e. The van der Waals surface area contributed by atoms with E-state index in [4.69, 9.17) is 14.6 Å². The first-order valence-corrected chi connectivity index (χ1v) is 14.4. The number of thioether (sulfide) groups is 1. The van der Waals surface area contributed by atoms with Crippen LogP contribution < -0.4 is 0 Å². The number of ether oxygens (including phenoxy) is 2. The van der Waals surface area contributed by atoms with Crippen molar-refractivity contribution in [3.63, 3.8) is 0 Å². The van der Waals surface area contributed by atoms with Crippen LogP contribution in [0.3, 0.4) is 0 Å². The van der Waals surface area contributed by atoms with Gasteiger partial charge in [-0.05, 0) is 74.2 Å². The van der Waals surface area contributed by atoms with Crippen molar-refractivity contribution in [1.29, 1.82) is 0 Å². The van der Waals surface area contributed by atoms with Crippen LogP contribution in [0.15, 0.2) is 23.8 Å². The summed E-state index contributed by atoms with van der Waals surface area (Å²) in [5, 5.41) is 9.00. The van der Waals surface area contributed by atoms with Gasteiger partial charge in [-0.25, -0.2) is 0 Å². The number of carbonyl (C=O) groups is 4. The molecule has 0 saturated heterocycles. The number of hydrogen-bond acceptors (Lipinski definition) is 8. The molecule has 7 atom stereocenters. The lowest BCUT2D eigenvalue weighted by Crippen LogP contribution is -2.60. The van der Waals surface area contributed by atoms with E-state index in [0.717, 1.165) is 19.3 Å². The number of Topliss-reactive ketones (excluding diaryl/α,β-unsaturated/α-hetero) is 1. The van der Waals surface area contributed by atoms with Gasteiger partial charge in [0, 0.05) is 10.8 Å². The number of hydrogen-bond donors (Lipinski definition) is 1.